The van der Waals surface area contributed by atoms with E-state index in [4.69, 9.17) is 5.73 Å². The zero-order chi connectivity index (χ0) is 14.5. The third kappa shape index (κ3) is 5.06. The molecular formula is C9H15N5O4S. The highest BCUT2D eigenvalue weighted by Gasteiger charge is 2.11. The van der Waals surface area contributed by atoms with Crippen molar-refractivity contribution in [1.82, 2.24) is 9.71 Å². The summed E-state index contributed by atoms with van der Waals surface area (Å²) in [4.78, 5) is 13.8. The van der Waals surface area contributed by atoms with Crippen molar-refractivity contribution in [3.63, 3.8) is 0 Å². The van der Waals surface area contributed by atoms with Crippen molar-refractivity contribution in [1.29, 1.82) is 0 Å². The van der Waals surface area contributed by atoms with E-state index in [1.165, 1.54) is 6.07 Å². The number of nitrogens with zero attached hydrogens (tertiary/aromatic N) is 2. The Kier molecular flexibility index (Phi) is 5.01. The summed E-state index contributed by atoms with van der Waals surface area (Å²) in [6, 6.07) is 2.32. The minimum absolute atomic E-state index is 0.00811. The molecule has 19 heavy (non-hydrogen) atoms. The van der Waals surface area contributed by atoms with Crippen molar-refractivity contribution < 1.29 is 13.3 Å². The summed E-state index contributed by atoms with van der Waals surface area (Å²) in [5, 5.41) is 13.3. The monoisotopic (exact) mass is 289 g/mol. The molecule has 0 aliphatic heterocycles. The molecule has 106 valence electrons. The molecule has 0 amide bonds. The van der Waals surface area contributed by atoms with Gasteiger partial charge in [-0.05, 0) is 0 Å². The highest BCUT2D eigenvalue weighted by molar-refractivity contribution is 7.89. The van der Waals surface area contributed by atoms with Crippen molar-refractivity contribution >= 4 is 27.3 Å². The number of nitrogens with one attached hydrogen (secondary N) is 2. The smallest absolute Gasteiger partial charge is 0.276 e. The lowest BCUT2D eigenvalue weighted by atomic mass is 10.4. The highest BCUT2D eigenvalue weighted by atomic mass is 32.2. The summed E-state index contributed by atoms with van der Waals surface area (Å²) >= 11 is 0. The van der Waals surface area contributed by atoms with Gasteiger partial charge in [0.1, 0.15) is 11.6 Å². The van der Waals surface area contributed by atoms with Gasteiger partial charge in [0.25, 0.3) is 5.69 Å². The van der Waals surface area contributed by atoms with Crippen LogP contribution in [0.5, 0.6) is 0 Å². The van der Waals surface area contributed by atoms with Gasteiger partial charge in [-0.2, -0.15) is 0 Å². The fourth-order valence-corrected chi connectivity index (χ4v) is 2.29. The van der Waals surface area contributed by atoms with Gasteiger partial charge in [0, 0.05) is 13.1 Å². The maximum Gasteiger partial charge on any atom is 0.276 e. The standard InChI is InChI=1S/C9H15N5O4S/c1-2-12-19(17,18)4-3-11-9-6-7(14(15)16)5-8(10)13-9/h5-6,12H,2-4H2,1H3,(H3,10,11,13). The Bertz CT molecular complexity index is 560. The van der Waals surface area contributed by atoms with Crippen LogP contribution in [0.25, 0.3) is 0 Å². The molecule has 0 unspecified atom stereocenters. The number of aromatic nitrogens is 1. The van der Waals surface area contributed by atoms with E-state index in [-0.39, 0.29) is 29.6 Å². The second kappa shape index (κ2) is 6.29. The third-order valence-electron chi connectivity index (χ3n) is 2.08. The van der Waals surface area contributed by atoms with Crippen LogP contribution in [0.15, 0.2) is 12.1 Å². The van der Waals surface area contributed by atoms with Gasteiger partial charge < -0.3 is 11.1 Å². The van der Waals surface area contributed by atoms with Gasteiger partial charge in [0.05, 0.1) is 22.8 Å². The fourth-order valence-electron chi connectivity index (χ4n) is 1.34. The van der Waals surface area contributed by atoms with Crippen molar-refractivity contribution in [3.8, 4) is 0 Å². The first kappa shape index (κ1) is 15.1. The van der Waals surface area contributed by atoms with E-state index in [0.717, 1.165) is 6.07 Å². The van der Waals surface area contributed by atoms with Crippen LogP contribution in [0.4, 0.5) is 17.3 Å². The second-order valence-electron chi connectivity index (χ2n) is 3.64. The van der Waals surface area contributed by atoms with E-state index in [1.54, 1.807) is 6.92 Å². The first-order chi connectivity index (χ1) is 8.84. The maximum atomic E-state index is 11.4. The van der Waals surface area contributed by atoms with Gasteiger partial charge in [-0.25, -0.2) is 18.1 Å². The van der Waals surface area contributed by atoms with Gasteiger partial charge in [-0.1, -0.05) is 6.92 Å². The van der Waals surface area contributed by atoms with E-state index >= 15 is 0 Å². The van der Waals surface area contributed by atoms with Gasteiger partial charge >= 0.3 is 0 Å². The number of pyridine rings is 1. The fraction of sp³-hybridized carbons (Fsp3) is 0.444. The van der Waals surface area contributed by atoms with Crippen molar-refractivity contribution in [2.45, 2.75) is 6.92 Å². The average Bonchev–Trinajstić information content (AvgIpc) is 2.27. The van der Waals surface area contributed by atoms with Crippen LogP contribution in [-0.2, 0) is 10.0 Å². The summed E-state index contributed by atoms with van der Waals surface area (Å²) < 4.78 is 25.0. The third-order valence-corrected chi connectivity index (χ3v) is 3.55. The number of rotatable bonds is 7. The molecule has 9 nitrogen and oxygen atoms in total. The largest absolute Gasteiger partial charge is 0.383 e. The van der Waals surface area contributed by atoms with Gasteiger partial charge in [0.15, 0.2) is 0 Å². The molecule has 0 aliphatic carbocycles. The summed E-state index contributed by atoms with van der Waals surface area (Å²) in [7, 11) is -3.34. The lowest BCUT2D eigenvalue weighted by Crippen LogP contribution is -2.29. The highest BCUT2D eigenvalue weighted by Crippen LogP contribution is 2.18. The zero-order valence-electron chi connectivity index (χ0n) is 10.3. The molecule has 0 fully saturated rings. The van der Waals surface area contributed by atoms with Crippen LogP contribution in [-0.4, -0.2) is 37.2 Å². The van der Waals surface area contributed by atoms with E-state index in [0.29, 0.717) is 6.54 Å². The molecule has 1 heterocycles. The Morgan fingerprint density at radius 2 is 2.16 bits per heavy atom. The minimum Gasteiger partial charge on any atom is -0.383 e. The van der Waals surface area contributed by atoms with Crippen molar-refractivity contribution in [2.24, 2.45) is 0 Å². The predicted octanol–water partition coefficient (Wildman–Crippen LogP) is -0.0768. The summed E-state index contributed by atoms with van der Waals surface area (Å²) in [6.07, 6.45) is 0. The van der Waals surface area contributed by atoms with Crippen LogP contribution >= 0.6 is 0 Å². The van der Waals surface area contributed by atoms with Crippen LogP contribution in [0.3, 0.4) is 0 Å². The summed E-state index contributed by atoms with van der Waals surface area (Å²) in [5.74, 6) is -0.00452. The van der Waals surface area contributed by atoms with Gasteiger partial charge in [-0.3, -0.25) is 10.1 Å². The molecule has 0 saturated heterocycles. The predicted molar refractivity (Wildman–Crippen MR) is 71.3 cm³/mol. The molecular weight excluding hydrogens is 274 g/mol. The number of sulfonamides is 1. The Hall–Kier alpha value is -1.94. The molecule has 0 atom stereocenters. The first-order valence-electron chi connectivity index (χ1n) is 5.47. The zero-order valence-corrected chi connectivity index (χ0v) is 11.1. The molecule has 1 aromatic heterocycles. The average molecular weight is 289 g/mol. The van der Waals surface area contributed by atoms with Crippen LogP contribution in [0, 0.1) is 10.1 Å². The molecule has 0 aromatic carbocycles. The van der Waals surface area contributed by atoms with Gasteiger partial charge in [0.2, 0.25) is 10.0 Å². The van der Waals surface area contributed by atoms with Crippen LogP contribution < -0.4 is 15.8 Å². The number of hydrogen-bond donors (Lipinski definition) is 3. The number of anilines is 2. The Labute approximate surface area is 110 Å². The van der Waals surface area contributed by atoms with E-state index in [2.05, 4.69) is 15.0 Å². The number of nitrogens with two attached hydrogens (primary N) is 1. The number of nitrogen functional groups attached to an aromatic ring is 1. The molecule has 0 radical (unpaired) electrons. The summed E-state index contributed by atoms with van der Waals surface area (Å²) in [5.41, 5.74) is 5.21. The van der Waals surface area contributed by atoms with Crippen molar-refractivity contribution in [3.05, 3.63) is 22.2 Å². The maximum absolute atomic E-state index is 11.4. The molecule has 0 spiro atoms. The van der Waals surface area contributed by atoms with Gasteiger partial charge in [-0.15, -0.1) is 0 Å². The molecule has 1 rings (SSSR count). The Balaban J connectivity index is 2.66. The minimum atomic E-state index is -3.34. The first-order valence-corrected chi connectivity index (χ1v) is 7.12. The SMILES string of the molecule is CCNS(=O)(=O)CCNc1cc([N+](=O)[O-])cc(N)n1. The van der Waals surface area contributed by atoms with E-state index in [1.807, 2.05) is 0 Å². The quantitative estimate of drug-likeness (QED) is 0.471. The second-order valence-corrected chi connectivity index (χ2v) is 5.56. The lowest BCUT2D eigenvalue weighted by Gasteiger charge is -2.07. The number of nitro groups is 1. The van der Waals surface area contributed by atoms with E-state index in [9.17, 15) is 18.5 Å². The molecule has 4 N–H and O–H groups in total. The Morgan fingerprint density at radius 1 is 1.47 bits per heavy atom. The topological polar surface area (TPSA) is 140 Å². The van der Waals surface area contributed by atoms with Crippen molar-refractivity contribution in [2.75, 3.05) is 29.9 Å². The molecule has 0 saturated carbocycles. The molecule has 0 bridgehead atoms. The van der Waals surface area contributed by atoms with Crippen LogP contribution in [0.1, 0.15) is 6.92 Å². The molecule has 1 aromatic rings. The van der Waals surface area contributed by atoms with Crippen LogP contribution in [0.2, 0.25) is 0 Å². The molecule has 10 heteroatoms. The van der Waals surface area contributed by atoms with E-state index < -0.39 is 14.9 Å². The Morgan fingerprint density at radius 3 is 2.74 bits per heavy atom. The molecule has 0 aliphatic rings. The number of hydrogen-bond acceptors (Lipinski definition) is 7. The lowest BCUT2D eigenvalue weighted by molar-refractivity contribution is -0.384. The normalized spacial score (nSPS) is 11.2. The summed E-state index contributed by atoms with van der Waals surface area (Å²) in [6.45, 7) is 2.06.